The molecule has 0 aromatic rings. The van der Waals surface area contributed by atoms with Crippen molar-refractivity contribution in [2.75, 3.05) is 20.1 Å². The lowest BCUT2D eigenvalue weighted by Gasteiger charge is -2.45. The van der Waals surface area contributed by atoms with Crippen molar-refractivity contribution in [1.29, 1.82) is 0 Å². The van der Waals surface area contributed by atoms with E-state index in [1.165, 1.54) is 4.90 Å². The Hall–Kier alpha value is -1.63. The van der Waals surface area contributed by atoms with Gasteiger partial charge in [-0.05, 0) is 20.3 Å². The van der Waals surface area contributed by atoms with Crippen molar-refractivity contribution in [3.05, 3.63) is 0 Å². The number of carbonyl (C=O) groups is 3. The number of hydrogen-bond donors (Lipinski definition) is 2. The molecule has 0 aliphatic carbocycles. The summed E-state index contributed by atoms with van der Waals surface area (Å²) in [5, 5.41) is 8.59. The maximum Gasteiger partial charge on any atom is 0.303 e. The molecule has 3 N–H and O–H groups in total. The monoisotopic (exact) mass is 271 g/mol. The van der Waals surface area contributed by atoms with Gasteiger partial charge in [0.15, 0.2) is 0 Å². The van der Waals surface area contributed by atoms with Crippen LogP contribution in [0.25, 0.3) is 0 Å². The predicted molar refractivity (Wildman–Crippen MR) is 68.3 cm³/mol. The van der Waals surface area contributed by atoms with Crippen LogP contribution in [0.2, 0.25) is 0 Å². The lowest BCUT2D eigenvalue weighted by atomic mass is 9.96. The number of aliphatic carboxylic acids is 1. The number of carboxylic acid groups (broad SMARTS) is 1. The molecule has 1 atom stereocenters. The third-order valence-corrected chi connectivity index (χ3v) is 3.46. The molecule has 0 aromatic heterocycles. The van der Waals surface area contributed by atoms with Crippen LogP contribution in [0, 0.1) is 0 Å². The Kier molecular flexibility index (Phi) is 4.52. The molecule has 1 rings (SSSR count). The molecule has 1 unspecified atom stereocenters. The zero-order valence-electron chi connectivity index (χ0n) is 11.5. The summed E-state index contributed by atoms with van der Waals surface area (Å²) in [6.45, 7) is 4.22. The molecule has 0 saturated carbocycles. The second kappa shape index (κ2) is 5.56. The summed E-state index contributed by atoms with van der Waals surface area (Å²) < 4.78 is 0. The maximum absolute atomic E-state index is 12.2. The van der Waals surface area contributed by atoms with Crippen molar-refractivity contribution in [3.63, 3.8) is 0 Å². The number of hydrogen-bond acceptors (Lipinski definition) is 4. The molecular weight excluding hydrogens is 250 g/mol. The van der Waals surface area contributed by atoms with E-state index in [-0.39, 0.29) is 24.7 Å². The number of nitrogens with two attached hydrogens (primary N) is 1. The molecule has 7 nitrogen and oxygen atoms in total. The molecule has 2 amide bonds. The van der Waals surface area contributed by atoms with Crippen molar-refractivity contribution >= 4 is 17.8 Å². The highest BCUT2D eigenvalue weighted by Crippen LogP contribution is 2.22. The first-order chi connectivity index (χ1) is 8.67. The fraction of sp³-hybridized carbons (Fsp3) is 0.750. The van der Waals surface area contributed by atoms with Gasteiger partial charge in [0.1, 0.15) is 5.54 Å². The van der Waals surface area contributed by atoms with Crippen molar-refractivity contribution in [2.24, 2.45) is 5.73 Å². The smallest absolute Gasteiger partial charge is 0.303 e. The summed E-state index contributed by atoms with van der Waals surface area (Å²) in [5.41, 5.74) is 4.78. The van der Waals surface area contributed by atoms with Crippen molar-refractivity contribution < 1.29 is 19.5 Å². The Morgan fingerprint density at radius 1 is 1.42 bits per heavy atom. The van der Waals surface area contributed by atoms with E-state index in [1.807, 2.05) is 0 Å². The Bertz CT molecular complexity index is 394. The molecule has 1 heterocycles. The summed E-state index contributed by atoms with van der Waals surface area (Å²) in [6.07, 6.45) is -0.0835. The van der Waals surface area contributed by atoms with Gasteiger partial charge in [-0.3, -0.25) is 14.4 Å². The largest absolute Gasteiger partial charge is 0.481 e. The van der Waals surface area contributed by atoms with Crippen LogP contribution in [0.3, 0.4) is 0 Å². The van der Waals surface area contributed by atoms with Gasteiger partial charge in [0, 0.05) is 26.6 Å². The zero-order valence-corrected chi connectivity index (χ0v) is 11.5. The minimum atomic E-state index is -0.989. The van der Waals surface area contributed by atoms with E-state index in [4.69, 9.17) is 10.8 Å². The SMILES string of the molecule is CN1CCN(C(=O)C(N)CCC(=O)O)C(C)(C)C1=O. The Morgan fingerprint density at radius 2 is 2.00 bits per heavy atom. The van der Waals surface area contributed by atoms with Crippen molar-refractivity contribution in [2.45, 2.75) is 38.3 Å². The van der Waals surface area contributed by atoms with Crippen LogP contribution in [0.15, 0.2) is 0 Å². The molecule has 1 saturated heterocycles. The lowest BCUT2D eigenvalue weighted by Crippen LogP contribution is -2.65. The van der Waals surface area contributed by atoms with Crippen molar-refractivity contribution in [1.82, 2.24) is 9.80 Å². The Balaban J connectivity index is 2.76. The van der Waals surface area contributed by atoms with E-state index in [1.54, 1.807) is 25.8 Å². The summed E-state index contributed by atoms with van der Waals surface area (Å²) in [6, 6.07) is -0.883. The second-order valence-electron chi connectivity index (χ2n) is 5.31. The van der Waals surface area contributed by atoms with Crippen LogP contribution < -0.4 is 5.73 Å². The van der Waals surface area contributed by atoms with Gasteiger partial charge >= 0.3 is 5.97 Å². The summed E-state index contributed by atoms with van der Waals surface area (Å²) in [5.74, 6) is -1.50. The molecular formula is C12H21N3O4. The van der Waals surface area contributed by atoms with Gasteiger partial charge in [-0.1, -0.05) is 0 Å². The Labute approximate surface area is 112 Å². The molecule has 0 spiro atoms. The number of rotatable bonds is 4. The van der Waals surface area contributed by atoms with Crippen LogP contribution in [-0.2, 0) is 14.4 Å². The van der Waals surface area contributed by atoms with Crippen LogP contribution in [0.5, 0.6) is 0 Å². The molecule has 0 radical (unpaired) electrons. The summed E-state index contributed by atoms with van der Waals surface area (Å²) in [7, 11) is 1.69. The number of likely N-dealkylation sites (N-methyl/N-ethyl adjacent to an activating group) is 1. The fourth-order valence-corrected chi connectivity index (χ4v) is 2.20. The number of carbonyl (C=O) groups excluding carboxylic acids is 2. The number of carboxylic acids is 1. The quantitative estimate of drug-likeness (QED) is 0.700. The van der Waals surface area contributed by atoms with E-state index >= 15 is 0 Å². The lowest BCUT2D eigenvalue weighted by molar-refractivity contribution is -0.158. The van der Waals surface area contributed by atoms with Crippen molar-refractivity contribution in [3.8, 4) is 0 Å². The third kappa shape index (κ3) is 3.23. The maximum atomic E-state index is 12.2. The minimum absolute atomic E-state index is 0.0742. The highest BCUT2D eigenvalue weighted by molar-refractivity contribution is 5.93. The van der Waals surface area contributed by atoms with Gasteiger partial charge < -0.3 is 20.6 Å². The van der Waals surface area contributed by atoms with E-state index in [0.717, 1.165) is 0 Å². The number of piperazine rings is 1. The van der Waals surface area contributed by atoms with E-state index < -0.39 is 17.6 Å². The standard InChI is InChI=1S/C12H21N3O4/c1-12(2)11(19)14(3)6-7-15(12)10(18)8(13)4-5-9(16)17/h8H,4-7,13H2,1-3H3,(H,16,17). The van der Waals surface area contributed by atoms with Gasteiger partial charge in [-0.15, -0.1) is 0 Å². The molecule has 1 aliphatic heterocycles. The predicted octanol–water partition coefficient (Wildman–Crippen LogP) is -0.742. The highest BCUT2D eigenvalue weighted by Gasteiger charge is 2.43. The molecule has 0 aromatic carbocycles. The van der Waals surface area contributed by atoms with Crippen LogP contribution in [0.4, 0.5) is 0 Å². The topological polar surface area (TPSA) is 104 Å². The van der Waals surface area contributed by atoms with E-state index in [0.29, 0.717) is 13.1 Å². The number of nitrogens with zero attached hydrogens (tertiary/aromatic N) is 2. The normalized spacial score (nSPS) is 20.3. The fourth-order valence-electron chi connectivity index (χ4n) is 2.20. The zero-order chi connectivity index (χ0) is 14.8. The van der Waals surface area contributed by atoms with Gasteiger partial charge in [0.05, 0.1) is 6.04 Å². The van der Waals surface area contributed by atoms with Gasteiger partial charge in [-0.25, -0.2) is 0 Å². The first-order valence-corrected chi connectivity index (χ1v) is 6.22. The summed E-state index contributed by atoms with van der Waals surface area (Å²) in [4.78, 5) is 37.8. The Morgan fingerprint density at radius 3 is 2.53 bits per heavy atom. The number of amides is 2. The summed E-state index contributed by atoms with van der Waals surface area (Å²) >= 11 is 0. The van der Waals surface area contributed by atoms with Gasteiger partial charge in [0.25, 0.3) is 0 Å². The minimum Gasteiger partial charge on any atom is -0.481 e. The van der Waals surface area contributed by atoms with E-state index in [2.05, 4.69) is 0 Å². The van der Waals surface area contributed by atoms with E-state index in [9.17, 15) is 14.4 Å². The highest BCUT2D eigenvalue weighted by atomic mass is 16.4. The molecule has 19 heavy (non-hydrogen) atoms. The third-order valence-electron chi connectivity index (χ3n) is 3.46. The first-order valence-electron chi connectivity index (χ1n) is 6.22. The molecule has 1 aliphatic rings. The molecule has 1 fully saturated rings. The molecule has 7 heteroatoms. The molecule has 108 valence electrons. The van der Waals surface area contributed by atoms with Gasteiger partial charge in [-0.2, -0.15) is 0 Å². The molecule has 0 bridgehead atoms. The average molecular weight is 271 g/mol. The van der Waals surface area contributed by atoms with Crippen LogP contribution in [-0.4, -0.2) is 64.4 Å². The second-order valence-corrected chi connectivity index (χ2v) is 5.31. The van der Waals surface area contributed by atoms with Crippen LogP contribution in [0.1, 0.15) is 26.7 Å². The van der Waals surface area contributed by atoms with Gasteiger partial charge in [0.2, 0.25) is 11.8 Å². The average Bonchev–Trinajstić information content (AvgIpc) is 2.32. The van der Waals surface area contributed by atoms with Crippen LogP contribution >= 0.6 is 0 Å². The first kappa shape index (κ1) is 15.4.